The lowest BCUT2D eigenvalue weighted by Crippen LogP contribution is -2.35. The summed E-state index contributed by atoms with van der Waals surface area (Å²) < 4.78 is 0. The standard InChI is InChI=1S/C15H15N/c16-15(13-7-2-1-3-8-13)11-10-12-6-4-5-9-14(12)15/h1-9H,10-11,16H2. The van der Waals surface area contributed by atoms with E-state index in [4.69, 9.17) is 5.73 Å². The Hall–Kier alpha value is -1.60. The molecule has 0 saturated carbocycles. The predicted octanol–water partition coefficient (Wildman–Crippen LogP) is 2.84. The largest absolute Gasteiger partial charge is 0.318 e. The number of benzene rings is 2. The number of aryl methyl sites for hydroxylation is 1. The minimum atomic E-state index is -0.280. The number of hydrogen-bond acceptors (Lipinski definition) is 1. The summed E-state index contributed by atoms with van der Waals surface area (Å²) in [4.78, 5) is 0. The van der Waals surface area contributed by atoms with Crippen molar-refractivity contribution < 1.29 is 0 Å². The summed E-state index contributed by atoms with van der Waals surface area (Å²) >= 11 is 0. The van der Waals surface area contributed by atoms with Gasteiger partial charge in [0.05, 0.1) is 5.54 Å². The molecule has 1 aliphatic carbocycles. The van der Waals surface area contributed by atoms with E-state index < -0.39 is 0 Å². The summed E-state index contributed by atoms with van der Waals surface area (Å²) in [5.74, 6) is 0. The van der Waals surface area contributed by atoms with Gasteiger partial charge in [0.25, 0.3) is 0 Å². The van der Waals surface area contributed by atoms with E-state index in [1.165, 1.54) is 16.7 Å². The molecule has 0 saturated heterocycles. The Balaban J connectivity index is 2.15. The number of fused-ring (bicyclic) bond motifs is 1. The fraction of sp³-hybridized carbons (Fsp3) is 0.200. The fourth-order valence-corrected chi connectivity index (χ4v) is 2.68. The molecule has 80 valence electrons. The van der Waals surface area contributed by atoms with Gasteiger partial charge < -0.3 is 5.73 Å². The van der Waals surface area contributed by atoms with E-state index in [0.717, 1.165) is 12.8 Å². The quantitative estimate of drug-likeness (QED) is 0.768. The maximum Gasteiger partial charge on any atom is 0.0671 e. The second kappa shape index (κ2) is 3.46. The Morgan fingerprint density at radius 3 is 2.38 bits per heavy atom. The van der Waals surface area contributed by atoms with Crippen molar-refractivity contribution in [3.63, 3.8) is 0 Å². The van der Waals surface area contributed by atoms with Crippen LogP contribution in [0.1, 0.15) is 23.1 Å². The van der Waals surface area contributed by atoms with Crippen molar-refractivity contribution in [3.8, 4) is 0 Å². The monoisotopic (exact) mass is 209 g/mol. The topological polar surface area (TPSA) is 26.0 Å². The van der Waals surface area contributed by atoms with E-state index >= 15 is 0 Å². The first kappa shape index (κ1) is 9.61. The Kier molecular flexibility index (Phi) is 2.08. The number of nitrogens with two attached hydrogens (primary N) is 1. The van der Waals surface area contributed by atoms with Gasteiger partial charge in [0, 0.05) is 0 Å². The summed E-state index contributed by atoms with van der Waals surface area (Å²) in [6, 6.07) is 18.9. The lowest BCUT2D eigenvalue weighted by molar-refractivity contribution is 0.535. The van der Waals surface area contributed by atoms with Gasteiger partial charge in [-0.05, 0) is 29.5 Å². The zero-order valence-electron chi connectivity index (χ0n) is 9.19. The molecule has 0 amide bonds. The van der Waals surface area contributed by atoms with Crippen molar-refractivity contribution in [1.29, 1.82) is 0 Å². The highest BCUT2D eigenvalue weighted by Crippen LogP contribution is 2.39. The van der Waals surface area contributed by atoms with Gasteiger partial charge in [-0.3, -0.25) is 0 Å². The Bertz CT molecular complexity index is 504. The Morgan fingerprint density at radius 2 is 1.56 bits per heavy atom. The fourth-order valence-electron chi connectivity index (χ4n) is 2.68. The molecule has 1 aliphatic rings. The average molecular weight is 209 g/mol. The third kappa shape index (κ3) is 1.29. The highest BCUT2D eigenvalue weighted by Gasteiger charge is 2.35. The molecule has 1 atom stereocenters. The van der Waals surface area contributed by atoms with Crippen LogP contribution in [0.4, 0.5) is 0 Å². The lowest BCUT2D eigenvalue weighted by atomic mass is 9.85. The molecule has 0 aliphatic heterocycles. The third-order valence-electron chi connectivity index (χ3n) is 3.58. The first-order chi connectivity index (χ1) is 7.81. The summed E-state index contributed by atoms with van der Waals surface area (Å²) in [7, 11) is 0. The molecule has 0 fully saturated rings. The molecule has 1 heteroatoms. The van der Waals surface area contributed by atoms with Crippen LogP contribution >= 0.6 is 0 Å². The van der Waals surface area contributed by atoms with E-state index in [1.54, 1.807) is 0 Å². The molecule has 1 unspecified atom stereocenters. The average Bonchev–Trinajstić information content (AvgIpc) is 2.71. The van der Waals surface area contributed by atoms with Crippen LogP contribution in [0.5, 0.6) is 0 Å². The first-order valence-electron chi connectivity index (χ1n) is 5.73. The van der Waals surface area contributed by atoms with Gasteiger partial charge in [0.2, 0.25) is 0 Å². The van der Waals surface area contributed by atoms with Crippen LogP contribution in [0, 0.1) is 0 Å². The predicted molar refractivity (Wildman–Crippen MR) is 66.2 cm³/mol. The van der Waals surface area contributed by atoms with Crippen molar-refractivity contribution >= 4 is 0 Å². The van der Waals surface area contributed by atoms with Crippen LogP contribution in [-0.2, 0) is 12.0 Å². The molecule has 0 aromatic heterocycles. The van der Waals surface area contributed by atoms with E-state index in [-0.39, 0.29) is 5.54 Å². The molecule has 0 bridgehead atoms. The third-order valence-corrected chi connectivity index (χ3v) is 3.58. The molecule has 1 nitrogen and oxygen atoms in total. The van der Waals surface area contributed by atoms with Gasteiger partial charge in [0.1, 0.15) is 0 Å². The first-order valence-corrected chi connectivity index (χ1v) is 5.73. The van der Waals surface area contributed by atoms with Crippen molar-refractivity contribution in [3.05, 3.63) is 71.3 Å². The molecule has 16 heavy (non-hydrogen) atoms. The summed E-state index contributed by atoms with van der Waals surface area (Å²) in [6.45, 7) is 0. The minimum absolute atomic E-state index is 0.280. The van der Waals surface area contributed by atoms with Crippen LogP contribution < -0.4 is 5.73 Å². The lowest BCUT2D eigenvalue weighted by Gasteiger charge is -2.26. The van der Waals surface area contributed by atoms with Crippen molar-refractivity contribution in [2.75, 3.05) is 0 Å². The zero-order chi connectivity index (χ0) is 11.0. The van der Waals surface area contributed by atoms with Crippen LogP contribution in [-0.4, -0.2) is 0 Å². The zero-order valence-corrected chi connectivity index (χ0v) is 9.19. The molecular weight excluding hydrogens is 194 g/mol. The van der Waals surface area contributed by atoms with Crippen LogP contribution in [0.2, 0.25) is 0 Å². The van der Waals surface area contributed by atoms with E-state index in [1.807, 2.05) is 6.07 Å². The van der Waals surface area contributed by atoms with Crippen LogP contribution in [0.15, 0.2) is 54.6 Å². The van der Waals surface area contributed by atoms with Gasteiger partial charge in [-0.1, -0.05) is 54.6 Å². The van der Waals surface area contributed by atoms with Crippen LogP contribution in [0.25, 0.3) is 0 Å². The highest BCUT2D eigenvalue weighted by molar-refractivity contribution is 5.46. The van der Waals surface area contributed by atoms with Gasteiger partial charge in [-0.15, -0.1) is 0 Å². The Morgan fingerprint density at radius 1 is 0.875 bits per heavy atom. The number of hydrogen-bond donors (Lipinski definition) is 1. The van der Waals surface area contributed by atoms with Crippen molar-refractivity contribution in [2.24, 2.45) is 5.73 Å². The van der Waals surface area contributed by atoms with E-state index in [9.17, 15) is 0 Å². The summed E-state index contributed by atoms with van der Waals surface area (Å²) in [5, 5.41) is 0. The van der Waals surface area contributed by atoms with Gasteiger partial charge in [-0.25, -0.2) is 0 Å². The normalized spacial score (nSPS) is 23.1. The van der Waals surface area contributed by atoms with E-state index in [2.05, 4.69) is 48.5 Å². The molecule has 2 aromatic rings. The number of rotatable bonds is 1. The SMILES string of the molecule is NC1(c2ccccc2)CCc2ccccc21. The second-order valence-electron chi connectivity index (χ2n) is 4.49. The van der Waals surface area contributed by atoms with E-state index in [0.29, 0.717) is 0 Å². The Labute approximate surface area is 95.9 Å². The molecule has 0 radical (unpaired) electrons. The maximum atomic E-state index is 6.59. The molecular formula is C15H15N. The summed E-state index contributed by atoms with van der Waals surface area (Å²) in [6.07, 6.45) is 2.10. The molecule has 3 rings (SSSR count). The van der Waals surface area contributed by atoms with Crippen molar-refractivity contribution in [2.45, 2.75) is 18.4 Å². The maximum absolute atomic E-state index is 6.59. The summed E-state index contributed by atoms with van der Waals surface area (Å²) in [5.41, 5.74) is 10.2. The molecule has 0 heterocycles. The van der Waals surface area contributed by atoms with Crippen molar-refractivity contribution in [1.82, 2.24) is 0 Å². The molecule has 2 aromatic carbocycles. The highest BCUT2D eigenvalue weighted by atomic mass is 14.8. The molecule has 2 N–H and O–H groups in total. The molecule has 0 spiro atoms. The van der Waals surface area contributed by atoms with Gasteiger partial charge >= 0.3 is 0 Å². The van der Waals surface area contributed by atoms with Gasteiger partial charge in [0.15, 0.2) is 0 Å². The van der Waals surface area contributed by atoms with Gasteiger partial charge in [-0.2, -0.15) is 0 Å². The smallest absolute Gasteiger partial charge is 0.0671 e. The second-order valence-corrected chi connectivity index (χ2v) is 4.49. The van der Waals surface area contributed by atoms with Crippen LogP contribution in [0.3, 0.4) is 0 Å². The minimum Gasteiger partial charge on any atom is -0.318 e.